The molecule has 1 heterocycles. The molecule has 0 aliphatic heterocycles. The highest BCUT2D eigenvalue weighted by Gasteiger charge is 2.08. The van der Waals surface area contributed by atoms with Gasteiger partial charge in [-0.2, -0.15) is 5.26 Å². The Labute approximate surface area is 92.8 Å². The smallest absolute Gasteiger partial charge is 0.145 e. The van der Waals surface area contributed by atoms with Gasteiger partial charge in [0.1, 0.15) is 17.7 Å². The molecular formula is C12H10FN3. The fourth-order valence-corrected chi connectivity index (χ4v) is 1.54. The van der Waals surface area contributed by atoms with E-state index in [1.54, 1.807) is 24.5 Å². The molecule has 1 aromatic carbocycles. The van der Waals surface area contributed by atoms with E-state index >= 15 is 0 Å². The van der Waals surface area contributed by atoms with Crippen LogP contribution in [0.2, 0.25) is 0 Å². The molecule has 0 spiro atoms. The quantitative estimate of drug-likeness (QED) is 0.771. The van der Waals surface area contributed by atoms with Gasteiger partial charge in [0.25, 0.3) is 0 Å². The van der Waals surface area contributed by atoms with Crippen LogP contribution in [0.1, 0.15) is 17.0 Å². The summed E-state index contributed by atoms with van der Waals surface area (Å²) in [6.45, 7) is 2.25. The molecule has 0 atom stereocenters. The number of nitrogens with zero attached hydrogens (tertiary/aromatic N) is 3. The summed E-state index contributed by atoms with van der Waals surface area (Å²) < 4.78 is 15.6. The minimum absolute atomic E-state index is 0.0790. The van der Waals surface area contributed by atoms with Crippen LogP contribution in [0.3, 0.4) is 0 Å². The average molecular weight is 215 g/mol. The van der Waals surface area contributed by atoms with Crippen LogP contribution >= 0.6 is 0 Å². The highest BCUT2D eigenvalue weighted by molar-refractivity contribution is 5.35. The van der Waals surface area contributed by atoms with E-state index in [4.69, 9.17) is 5.26 Å². The molecule has 0 saturated carbocycles. The van der Waals surface area contributed by atoms with Crippen molar-refractivity contribution in [2.75, 3.05) is 0 Å². The third-order valence-electron chi connectivity index (χ3n) is 2.46. The highest BCUT2D eigenvalue weighted by atomic mass is 19.1. The molecule has 0 saturated heterocycles. The van der Waals surface area contributed by atoms with Crippen molar-refractivity contribution >= 4 is 0 Å². The van der Waals surface area contributed by atoms with Gasteiger partial charge in [-0.1, -0.05) is 12.1 Å². The van der Waals surface area contributed by atoms with Crippen molar-refractivity contribution in [1.29, 1.82) is 5.26 Å². The summed E-state index contributed by atoms with van der Waals surface area (Å²) in [4.78, 5) is 4.06. The molecule has 0 fully saturated rings. The number of rotatable bonds is 2. The lowest BCUT2D eigenvalue weighted by atomic mass is 10.1. The number of benzene rings is 1. The molecule has 0 unspecified atom stereocenters. The van der Waals surface area contributed by atoms with E-state index in [0.717, 1.165) is 5.82 Å². The van der Waals surface area contributed by atoms with Crippen molar-refractivity contribution < 1.29 is 4.39 Å². The van der Waals surface area contributed by atoms with Gasteiger partial charge in [0.05, 0.1) is 12.1 Å². The summed E-state index contributed by atoms with van der Waals surface area (Å²) in [6, 6.07) is 6.66. The highest BCUT2D eigenvalue weighted by Crippen LogP contribution is 2.14. The lowest BCUT2D eigenvalue weighted by Gasteiger charge is -2.06. The Morgan fingerprint density at radius 3 is 2.94 bits per heavy atom. The SMILES string of the molecule is Cc1nccn1Cc1cccc(C#N)c1F. The van der Waals surface area contributed by atoms with E-state index < -0.39 is 5.82 Å². The predicted molar refractivity (Wildman–Crippen MR) is 57.2 cm³/mol. The number of hydrogen-bond acceptors (Lipinski definition) is 2. The van der Waals surface area contributed by atoms with Crippen LogP contribution in [0.15, 0.2) is 30.6 Å². The van der Waals surface area contributed by atoms with E-state index in [0.29, 0.717) is 12.1 Å². The fourth-order valence-electron chi connectivity index (χ4n) is 1.54. The Hall–Kier alpha value is -2.15. The summed E-state index contributed by atoms with van der Waals surface area (Å²) in [5.41, 5.74) is 0.579. The minimum atomic E-state index is -0.446. The van der Waals surface area contributed by atoms with Crippen molar-refractivity contribution in [3.8, 4) is 6.07 Å². The van der Waals surface area contributed by atoms with E-state index in [2.05, 4.69) is 4.98 Å². The first-order valence-electron chi connectivity index (χ1n) is 4.87. The van der Waals surface area contributed by atoms with Crippen LogP contribution in [0.25, 0.3) is 0 Å². The first kappa shape index (κ1) is 10.4. The van der Waals surface area contributed by atoms with Crippen LogP contribution in [0, 0.1) is 24.1 Å². The molecule has 0 bridgehead atoms. The van der Waals surface area contributed by atoms with Crippen LogP contribution in [0.5, 0.6) is 0 Å². The molecule has 0 aliphatic carbocycles. The normalized spacial score (nSPS) is 10.1. The van der Waals surface area contributed by atoms with Crippen LogP contribution in [0.4, 0.5) is 4.39 Å². The first-order chi connectivity index (χ1) is 7.72. The van der Waals surface area contributed by atoms with Crippen molar-refractivity contribution in [2.45, 2.75) is 13.5 Å². The van der Waals surface area contributed by atoms with Crippen LogP contribution in [-0.2, 0) is 6.54 Å². The van der Waals surface area contributed by atoms with Gasteiger partial charge in [0.15, 0.2) is 0 Å². The number of nitriles is 1. The zero-order valence-corrected chi connectivity index (χ0v) is 8.81. The zero-order chi connectivity index (χ0) is 11.5. The van der Waals surface area contributed by atoms with E-state index in [9.17, 15) is 4.39 Å². The van der Waals surface area contributed by atoms with Gasteiger partial charge in [-0.3, -0.25) is 0 Å². The molecule has 4 heteroatoms. The standard InChI is InChI=1S/C12H10FN3/c1-9-15-5-6-16(9)8-11-4-2-3-10(7-14)12(11)13/h2-6H,8H2,1H3. The van der Waals surface area contributed by atoms with Gasteiger partial charge >= 0.3 is 0 Å². The summed E-state index contributed by atoms with van der Waals surface area (Å²) in [5.74, 6) is 0.375. The summed E-state index contributed by atoms with van der Waals surface area (Å²) in [6.07, 6.45) is 3.45. The van der Waals surface area contributed by atoms with Crippen molar-refractivity contribution in [1.82, 2.24) is 9.55 Å². The van der Waals surface area contributed by atoms with Gasteiger partial charge in [-0.15, -0.1) is 0 Å². The maximum absolute atomic E-state index is 13.7. The zero-order valence-electron chi connectivity index (χ0n) is 8.81. The Bertz CT molecular complexity index is 552. The van der Waals surface area contributed by atoms with Gasteiger partial charge in [-0.05, 0) is 13.0 Å². The maximum Gasteiger partial charge on any atom is 0.145 e. The topological polar surface area (TPSA) is 41.6 Å². The van der Waals surface area contributed by atoms with E-state index in [1.807, 2.05) is 17.6 Å². The molecule has 1 aromatic heterocycles. The number of hydrogen-bond donors (Lipinski definition) is 0. The predicted octanol–water partition coefficient (Wildman–Crippen LogP) is 2.25. The van der Waals surface area contributed by atoms with E-state index in [1.165, 1.54) is 6.07 Å². The molecule has 0 N–H and O–H groups in total. The van der Waals surface area contributed by atoms with Gasteiger partial charge in [-0.25, -0.2) is 9.37 Å². The second-order valence-corrected chi connectivity index (χ2v) is 3.49. The Morgan fingerprint density at radius 2 is 2.31 bits per heavy atom. The Morgan fingerprint density at radius 1 is 1.50 bits per heavy atom. The molecule has 3 nitrogen and oxygen atoms in total. The van der Waals surface area contributed by atoms with Crippen LogP contribution < -0.4 is 0 Å². The second-order valence-electron chi connectivity index (χ2n) is 3.49. The second kappa shape index (κ2) is 4.15. The van der Waals surface area contributed by atoms with Gasteiger partial charge in [0.2, 0.25) is 0 Å². The first-order valence-corrected chi connectivity index (χ1v) is 4.87. The number of imidazole rings is 1. The summed E-state index contributed by atoms with van der Waals surface area (Å²) >= 11 is 0. The average Bonchev–Trinajstić information content (AvgIpc) is 2.68. The van der Waals surface area contributed by atoms with Crippen molar-refractivity contribution in [3.05, 3.63) is 53.4 Å². The Balaban J connectivity index is 2.36. The minimum Gasteiger partial charge on any atom is -0.331 e. The van der Waals surface area contributed by atoms with Crippen molar-refractivity contribution in [2.24, 2.45) is 0 Å². The molecule has 80 valence electrons. The Kier molecular flexibility index (Phi) is 2.69. The maximum atomic E-state index is 13.7. The largest absolute Gasteiger partial charge is 0.331 e. The molecule has 0 aliphatic rings. The third-order valence-corrected chi connectivity index (χ3v) is 2.46. The van der Waals surface area contributed by atoms with Crippen LogP contribution in [-0.4, -0.2) is 9.55 Å². The summed E-state index contributed by atoms with van der Waals surface area (Å²) in [5, 5.41) is 8.71. The van der Waals surface area contributed by atoms with E-state index in [-0.39, 0.29) is 5.56 Å². The van der Waals surface area contributed by atoms with Crippen molar-refractivity contribution in [3.63, 3.8) is 0 Å². The summed E-state index contributed by atoms with van der Waals surface area (Å²) in [7, 11) is 0. The lowest BCUT2D eigenvalue weighted by molar-refractivity contribution is 0.593. The molecule has 2 aromatic rings. The third kappa shape index (κ3) is 1.80. The number of aryl methyl sites for hydroxylation is 1. The molecular weight excluding hydrogens is 205 g/mol. The number of halogens is 1. The molecule has 16 heavy (non-hydrogen) atoms. The molecule has 0 radical (unpaired) electrons. The van der Waals surface area contributed by atoms with Gasteiger partial charge < -0.3 is 4.57 Å². The fraction of sp³-hybridized carbons (Fsp3) is 0.167. The lowest BCUT2D eigenvalue weighted by Crippen LogP contribution is -2.03. The monoisotopic (exact) mass is 215 g/mol. The molecule has 0 amide bonds. The number of aromatic nitrogens is 2. The molecule has 2 rings (SSSR count). The van der Waals surface area contributed by atoms with Gasteiger partial charge in [0, 0.05) is 18.0 Å².